The van der Waals surface area contributed by atoms with E-state index in [4.69, 9.17) is 12.2 Å². The maximum atomic E-state index is 5.34. The van der Waals surface area contributed by atoms with E-state index in [2.05, 4.69) is 54.3 Å². The Morgan fingerprint density at radius 3 is 2.44 bits per heavy atom. The highest BCUT2D eigenvalue weighted by Gasteiger charge is 2.05. The van der Waals surface area contributed by atoms with E-state index in [1.807, 2.05) is 0 Å². The molecule has 0 aliphatic heterocycles. The van der Waals surface area contributed by atoms with Crippen LogP contribution in [-0.2, 0) is 6.42 Å². The quantitative estimate of drug-likeness (QED) is 0.665. The number of nitrogens with zero attached hydrogens (tertiary/aromatic N) is 1. The average molecular weight is 276 g/mol. The summed E-state index contributed by atoms with van der Waals surface area (Å²) in [5.74, 6) is 0.849. The van der Waals surface area contributed by atoms with Gasteiger partial charge >= 0.3 is 0 Å². The van der Waals surface area contributed by atoms with Crippen molar-refractivity contribution in [3.63, 3.8) is 0 Å². The third kappa shape index (κ3) is 2.65. The Morgan fingerprint density at radius 1 is 1.28 bits per heavy atom. The van der Waals surface area contributed by atoms with Crippen LogP contribution in [0.4, 0.5) is 0 Å². The van der Waals surface area contributed by atoms with Crippen LogP contribution in [0.5, 0.6) is 0 Å². The normalized spacial score (nSPS) is 10.6. The molecule has 4 heteroatoms. The predicted molar refractivity (Wildman–Crippen MR) is 80.8 cm³/mol. The fraction of sp³-hybridized carbons (Fsp3) is 0.286. The standard InChI is InChI=1S/C14H16N2S2/c1-4-12-9(2)15-13(16-14(12)17)10-5-7-11(18-3)8-6-10/h5-8H,4H2,1-3H3,(H,15,16,17). The van der Waals surface area contributed by atoms with Crippen LogP contribution in [0.1, 0.15) is 18.2 Å². The molecule has 1 N–H and O–H groups in total. The Hall–Kier alpha value is -1.13. The van der Waals surface area contributed by atoms with Gasteiger partial charge in [-0.15, -0.1) is 11.8 Å². The van der Waals surface area contributed by atoms with Crippen molar-refractivity contribution in [1.82, 2.24) is 9.97 Å². The largest absolute Gasteiger partial charge is 0.343 e. The van der Waals surface area contributed by atoms with Crippen molar-refractivity contribution < 1.29 is 0 Å². The van der Waals surface area contributed by atoms with E-state index in [1.54, 1.807) is 11.8 Å². The number of aromatic amines is 1. The van der Waals surface area contributed by atoms with Gasteiger partial charge in [0.25, 0.3) is 0 Å². The minimum absolute atomic E-state index is 0.706. The molecule has 2 nitrogen and oxygen atoms in total. The highest BCUT2D eigenvalue weighted by atomic mass is 32.2. The van der Waals surface area contributed by atoms with Crippen molar-refractivity contribution >= 4 is 24.0 Å². The maximum absolute atomic E-state index is 5.34. The number of aryl methyl sites for hydroxylation is 1. The monoisotopic (exact) mass is 276 g/mol. The van der Waals surface area contributed by atoms with Crippen LogP contribution in [0.25, 0.3) is 11.4 Å². The van der Waals surface area contributed by atoms with Crippen molar-refractivity contribution in [1.29, 1.82) is 0 Å². The van der Waals surface area contributed by atoms with Crippen LogP contribution < -0.4 is 0 Å². The van der Waals surface area contributed by atoms with E-state index in [0.717, 1.165) is 29.1 Å². The molecule has 0 bridgehead atoms. The molecule has 0 atom stereocenters. The summed E-state index contributed by atoms with van der Waals surface area (Å²) in [5.41, 5.74) is 3.32. The Bertz CT molecular complexity index is 600. The Balaban J connectivity index is 2.47. The van der Waals surface area contributed by atoms with Crippen LogP contribution >= 0.6 is 24.0 Å². The second-order valence-electron chi connectivity index (χ2n) is 4.08. The molecule has 0 aliphatic carbocycles. The highest BCUT2D eigenvalue weighted by molar-refractivity contribution is 7.98. The fourth-order valence-electron chi connectivity index (χ4n) is 1.91. The molecular formula is C14H16N2S2. The molecule has 2 rings (SSSR count). The zero-order valence-electron chi connectivity index (χ0n) is 10.8. The number of rotatable bonds is 3. The molecule has 0 radical (unpaired) electrons. The van der Waals surface area contributed by atoms with E-state index in [9.17, 15) is 0 Å². The predicted octanol–water partition coefficient (Wildman–Crippen LogP) is 4.40. The first-order chi connectivity index (χ1) is 8.65. The van der Waals surface area contributed by atoms with Crippen molar-refractivity contribution in [3.8, 4) is 11.4 Å². The number of benzene rings is 1. The zero-order valence-corrected chi connectivity index (χ0v) is 12.4. The summed E-state index contributed by atoms with van der Waals surface area (Å²) >= 11 is 7.07. The first-order valence-corrected chi connectivity index (χ1v) is 7.53. The SMILES string of the molecule is CCc1c(C)[nH]c(-c2ccc(SC)cc2)nc1=S. The first kappa shape index (κ1) is 13.3. The summed E-state index contributed by atoms with van der Waals surface area (Å²) in [5, 5.41) is 0. The van der Waals surface area contributed by atoms with Gasteiger partial charge in [-0.2, -0.15) is 0 Å². The molecule has 0 aliphatic rings. The Morgan fingerprint density at radius 2 is 1.94 bits per heavy atom. The minimum Gasteiger partial charge on any atom is -0.343 e. The van der Waals surface area contributed by atoms with Gasteiger partial charge in [-0.25, -0.2) is 4.98 Å². The minimum atomic E-state index is 0.706. The van der Waals surface area contributed by atoms with E-state index >= 15 is 0 Å². The number of aromatic nitrogens is 2. The molecule has 0 spiro atoms. The van der Waals surface area contributed by atoms with Gasteiger partial charge in [0, 0.05) is 21.7 Å². The number of nitrogens with one attached hydrogen (secondary N) is 1. The van der Waals surface area contributed by atoms with E-state index < -0.39 is 0 Å². The second kappa shape index (κ2) is 5.67. The topological polar surface area (TPSA) is 28.7 Å². The summed E-state index contributed by atoms with van der Waals surface area (Å²) < 4.78 is 0.706. The Labute approximate surface area is 117 Å². The van der Waals surface area contributed by atoms with Crippen LogP contribution in [0.2, 0.25) is 0 Å². The molecule has 0 unspecified atom stereocenters. The van der Waals surface area contributed by atoms with Crippen LogP contribution in [0, 0.1) is 11.6 Å². The lowest BCUT2D eigenvalue weighted by atomic mass is 10.1. The molecule has 18 heavy (non-hydrogen) atoms. The van der Waals surface area contributed by atoms with E-state index in [1.165, 1.54) is 4.90 Å². The molecule has 1 aromatic carbocycles. The second-order valence-corrected chi connectivity index (χ2v) is 5.34. The van der Waals surface area contributed by atoms with Gasteiger partial charge in [0.2, 0.25) is 0 Å². The van der Waals surface area contributed by atoms with Gasteiger partial charge in [-0.05, 0) is 31.7 Å². The van der Waals surface area contributed by atoms with Crippen LogP contribution in [-0.4, -0.2) is 16.2 Å². The van der Waals surface area contributed by atoms with Crippen LogP contribution in [0.3, 0.4) is 0 Å². The fourth-order valence-corrected chi connectivity index (χ4v) is 2.71. The summed E-state index contributed by atoms with van der Waals surface area (Å²) in [6.45, 7) is 4.15. The van der Waals surface area contributed by atoms with Gasteiger partial charge in [0.1, 0.15) is 10.5 Å². The van der Waals surface area contributed by atoms with Crippen molar-refractivity contribution in [3.05, 3.63) is 40.2 Å². The molecule has 0 amide bonds. The van der Waals surface area contributed by atoms with Crippen molar-refractivity contribution in [2.75, 3.05) is 6.26 Å². The van der Waals surface area contributed by atoms with E-state index in [0.29, 0.717) is 4.64 Å². The molecule has 1 aromatic heterocycles. The van der Waals surface area contributed by atoms with Gasteiger partial charge in [-0.1, -0.05) is 31.3 Å². The first-order valence-electron chi connectivity index (χ1n) is 5.90. The zero-order chi connectivity index (χ0) is 13.1. The number of hydrogen-bond donors (Lipinski definition) is 1. The third-order valence-corrected chi connectivity index (χ3v) is 4.03. The van der Waals surface area contributed by atoms with Crippen molar-refractivity contribution in [2.45, 2.75) is 25.2 Å². The van der Waals surface area contributed by atoms with E-state index in [-0.39, 0.29) is 0 Å². The number of hydrogen-bond acceptors (Lipinski definition) is 3. The summed E-state index contributed by atoms with van der Waals surface area (Å²) in [6.07, 6.45) is 2.99. The average Bonchev–Trinajstić information content (AvgIpc) is 2.38. The molecule has 0 saturated carbocycles. The van der Waals surface area contributed by atoms with Gasteiger partial charge in [0.15, 0.2) is 0 Å². The summed E-state index contributed by atoms with van der Waals surface area (Å²) in [4.78, 5) is 9.07. The van der Waals surface area contributed by atoms with Crippen molar-refractivity contribution in [2.24, 2.45) is 0 Å². The molecule has 2 aromatic rings. The summed E-state index contributed by atoms with van der Waals surface area (Å²) in [6, 6.07) is 8.35. The van der Waals surface area contributed by atoms with Gasteiger partial charge in [-0.3, -0.25) is 0 Å². The third-order valence-electron chi connectivity index (χ3n) is 2.95. The maximum Gasteiger partial charge on any atom is 0.139 e. The van der Waals surface area contributed by atoms with Gasteiger partial charge in [0.05, 0.1) is 0 Å². The smallest absolute Gasteiger partial charge is 0.139 e. The lowest BCUT2D eigenvalue weighted by molar-refractivity contribution is 0.989. The molecule has 0 fully saturated rings. The molecular weight excluding hydrogens is 260 g/mol. The molecule has 0 saturated heterocycles. The summed E-state index contributed by atoms with van der Waals surface area (Å²) in [7, 11) is 0. The highest BCUT2D eigenvalue weighted by Crippen LogP contribution is 2.21. The number of H-pyrrole nitrogens is 1. The lowest BCUT2D eigenvalue weighted by Crippen LogP contribution is -1.98. The van der Waals surface area contributed by atoms with Gasteiger partial charge < -0.3 is 4.98 Å². The lowest BCUT2D eigenvalue weighted by Gasteiger charge is -2.08. The molecule has 94 valence electrons. The number of thioether (sulfide) groups is 1. The molecule has 1 heterocycles. The Kier molecular flexibility index (Phi) is 4.19. The van der Waals surface area contributed by atoms with Crippen LogP contribution in [0.15, 0.2) is 29.2 Å².